The van der Waals surface area contributed by atoms with Gasteiger partial charge in [0.2, 0.25) is 0 Å². The van der Waals surface area contributed by atoms with Crippen LogP contribution in [0.2, 0.25) is 0 Å². The fourth-order valence-electron chi connectivity index (χ4n) is 1.94. The Morgan fingerprint density at radius 1 is 1.05 bits per heavy atom. The quantitative estimate of drug-likeness (QED) is 0.625. The summed E-state index contributed by atoms with van der Waals surface area (Å²) in [5.74, 6) is 2.40. The molecule has 0 saturated heterocycles. The molecule has 0 heterocycles. The number of para-hydroxylation sites is 1. The Bertz CT molecular complexity index is 519. The Morgan fingerprint density at radius 2 is 1.74 bits per heavy atom. The molecule has 0 spiro atoms. The third-order valence-corrected chi connectivity index (χ3v) is 4.01. The first-order valence-corrected chi connectivity index (χ1v) is 7.78. The first kappa shape index (κ1) is 14.1. The number of halogens is 1. The maximum absolute atomic E-state index is 5.94. The second-order valence-electron chi connectivity index (χ2n) is 4.72. The van der Waals surface area contributed by atoms with E-state index in [1.807, 2.05) is 30.3 Å². The molecular formula is C17H19BrO. The van der Waals surface area contributed by atoms with Crippen molar-refractivity contribution in [1.29, 1.82) is 0 Å². The number of hydrogen-bond donors (Lipinski definition) is 0. The fourth-order valence-corrected chi connectivity index (χ4v) is 2.40. The van der Waals surface area contributed by atoms with E-state index in [2.05, 4.69) is 48.0 Å². The van der Waals surface area contributed by atoms with E-state index < -0.39 is 0 Å². The predicted molar refractivity (Wildman–Crippen MR) is 84.3 cm³/mol. The van der Waals surface area contributed by atoms with Gasteiger partial charge in [0.05, 0.1) is 0 Å². The van der Waals surface area contributed by atoms with Gasteiger partial charge in [-0.1, -0.05) is 60.1 Å². The monoisotopic (exact) mass is 318 g/mol. The standard InChI is InChI=1S/C17H19BrO/c1-3-13(2)14-8-10-16(11-9-14)19-17-7-5-4-6-15(17)12-18/h4-11,13H,3,12H2,1-2H3. The van der Waals surface area contributed by atoms with Gasteiger partial charge in [-0.15, -0.1) is 0 Å². The van der Waals surface area contributed by atoms with Crippen molar-refractivity contribution in [2.75, 3.05) is 0 Å². The molecule has 1 nitrogen and oxygen atoms in total. The van der Waals surface area contributed by atoms with Gasteiger partial charge in [0.1, 0.15) is 11.5 Å². The summed E-state index contributed by atoms with van der Waals surface area (Å²) in [6, 6.07) is 16.5. The van der Waals surface area contributed by atoms with Crippen molar-refractivity contribution >= 4 is 15.9 Å². The summed E-state index contributed by atoms with van der Waals surface area (Å²) >= 11 is 3.48. The van der Waals surface area contributed by atoms with Crippen LogP contribution in [-0.4, -0.2) is 0 Å². The number of hydrogen-bond acceptors (Lipinski definition) is 1. The third kappa shape index (κ3) is 3.60. The highest BCUT2D eigenvalue weighted by atomic mass is 79.9. The van der Waals surface area contributed by atoms with E-state index in [9.17, 15) is 0 Å². The van der Waals surface area contributed by atoms with Gasteiger partial charge in [-0.2, -0.15) is 0 Å². The summed E-state index contributed by atoms with van der Waals surface area (Å²) in [5, 5.41) is 0.800. The lowest BCUT2D eigenvalue weighted by molar-refractivity contribution is 0.478. The molecule has 0 amide bonds. The van der Waals surface area contributed by atoms with Crippen molar-refractivity contribution in [3.8, 4) is 11.5 Å². The summed E-state index contributed by atoms with van der Waals surface area (Å²) in [7, 11) is 0. The van der Waals surface area contributed by atoms with Gasteiger partial charge in [-0.05, 0) is 36.1 Å². The molecule has 0 bridgehead atoms. The molecule has 1 unspecified atom stereocenters. The third-order valence-electron chi connectivity index (χ3n) is 3.41. The zero-order valence-electron chi connectivity index (χ0n) is 11.4. The van der Waals surface area contributed by atoms with Crippen molar-refractivity contribution in [3.63, 3.8) is 0 Å². The minimum atomic E-state index is 0.601. The van der Waals surface area contributed by atoms with Gasteiger partial charge in [-0.25, -0.2) is 0 Å². The summed E-state index contributed by atoms with van der Waals surface area (Å²) < 4.78 is 5.94. The van der Waals surface area contributed by atoms with E-state index in [0.29, 0.717) is 5.92 Å². The van der Waals surface area contributed by atoms with E-state index in [0.717, 1.165) is 28.8 Å². The maximum atomic E-state index is 5.94. The van der Waals surface area contributed by atoms with Crippen LogP contribution in [0.3, 0.4) is 0 Å². The van der Waals surface area contributed by atoms with Crippen LogP contribution >= 0.6 is 15.9 Å². The van der Waals surface area contributed by atoms with Crippen molar-refractivity contribution in [3.05, 3.63) is 59.7 Å². The average Bonchev–Trinajstić information content (AvgIpc) is 2.48. The molecule has 0 aliphatic heterocycles. The van der Waals surface area contributed by atoms with Crippen LogP contribution in [0.5, 0.6) is 11.5 Å². The molecule has 1 atom stereocenters. The molecule has 19 heavy (non-hydrogen) atoms. The van der Waals surface area contributed by atoms with Crippen LogP contribution in [0.1, 0.15) is 37.3 Å². The summed E-state index contributed by atoms with van der Waals surface area (Å²) in [5.41, 5.74) is 2.53. The van der Waals surface area contributed by atoms with Crippen LogP contribution in [0, 0.1) is 0 Å². The zero-order valence-corrected chi connectivity index (χ0v) is 13.0. The number of rotatable bonds is 5. The molecule has 2 aromatic rings. The second-order valence-corrected chi connectivity index (χ2v) is 5.28. The molecule has 0 N–H and O–H groups in total. The van der Waals surface area contributed by atoms with Crippen molar-refractivity contribution < 1.29 is 4.74 Å². The summed E-state index contributed by atoms with van der Waals surface area (Å²) in [4.78, 5) is 0. The maximum Gasteiger partial charge on any atom is 0.131 e. The minimum absolute atomic E-state index is 0.601. The highest BCUT2D eigenvalue weighted by molar-refractivity contribution is 9.08. The predicted octanol–water partition coefficient (Wildman–Crippen LogP) is 5.89. The number of benzene rings is 2. The van der Waals surface area contributed by atoms with E-state index in [1.54, 1.807) is 0 Å². The van der Waals surface area contributed by atoms with Gasteiger partial charge in [0, 0.05) is 10.9 Å². The average molecular weight is 319 g/mol. The second kappa shape index (κ2) is 6.76. The number of ether oxygens (including phenoxy) is 1. The first-order chi connectivity index (χ1) is 9.24. The Hall–Kier alpha value is -1.28. The van der Waals surface area contributed by atoms with Crippen LogP contribution in [0.25, 0.3) is 0 Å². The molecule has 0 aliphatic rings. The fraction of sp³-hybridized carbons (Fsp3) is 0.294. The Morgan fingerprint density at radius 3 is 2.37 bits per heavy atom. The smallest absolute Gasteiger partial charge is 0.131 e. The van der Waals surface area contributed by atoms with Crippen molar-refractivity contribution in [2.45, 2.75) is 31.5 Å². The van der Waals surface area contributed by atoms with Gasteiger partial charge in [0.25, 0.3) is 0 Å². The first-order valence-electron chi connectivity index (χ1n) is 6.66. The lowest BCUT2D eigenvalue weighted by atomic mass is 9.99. The SMILES string of the molecule is CCC(C)c1ccc(Oc2ccccc2CBr)cc1. The van der Waals surface area contributed by atoms with E-state index in [1.165, 1.54) is 5.56 Å². The zero-order chi connectivity index (χ0) is 13.7. The van der Waals surface area contributed by atoms with Crippen LogP contribution in [0.4, 0.5) is 0 Å². The van der Waals surface area contributed by atoms with Crippen molar-refractivity contribution in [1.82, 2.24) is 0 Å². The molecule has 0 radical (unpaired) electrons. The molecule has 2 heteroatoms. The van der Waals surface area contributed by atoms with Crippen LogP contribution < -0.4 is 4.74 Å². The van der Waals surface area contributed by atoms with Crippen molar-refractivity contribution in [2.24, 2.45) is 0 Å². The molecule has 0 aromatic heterocycles. The molecule has 0 saturated carbocycles. The van der Waals surface area contributed by atoms with Crippen LogP contribution in [-0.2, 0) is 5.33 Å². The molecular weight excluding hydrogens is 300 g/mol. The molecule has 2 rings (SSSR count). The summed E-state index contributed by atoms with van der Waals surface area (Å²) in [6.45, 7) is 4.46. The van der Waals surface area contributed by atoms with E-state index in [4.69, 9.17) is 4.74 Å². The van der Waals surface area contributed by atoms with Gasteiger partial charge in [-0.3, -0.25) is 0 Å². The summed E-state index contributed by atoms with van der Waals surface area (Å²) in [6.07, 6.45) is 1.16. The Labute approximate surface area is 123 Å². The molecule has 2 aromatic carbocycles. The highest BCUT2D eigenvalue weighted by Crippen LogP contribution is 2.28. The topological polar surface area (TPSA) is 9.23 Å². The van der Waals surface area contributed by atoms with E-state index in [-0.39, 0.29) is 0 Å². The Balaban J connectivity index is 2.15. The minimum Gasteiger partial charge on any atom is -0.457 e. The van der Waals surface area contributed by atoms with Gasteiger partial charge in [0.15, 0.2) is 0 Å². The number of alkyl halides is 1. The largest absolute Gasteiger partial charge is 0.457 e. The normalized spacial score (nSPS) is 12.2. The lowest BCUT2D eigenvalue weighted by Gasteiger charge is -2.12. The Kier molecular flexibility index (Phi) is 5.03. The molecule has 0 aliphatic carbocycles. The van der Waals surface area contributed by atoms with E-state index >= 15 is 0 Å². The van der Waals surface area contributed by atoms with Crippen LogP contribution in [0.15, 0.2) is 48.5 Å². The highest BCUT2D eigenvalue weighted by Gasteiger charge is 2.05. The van der Waals surface area contributed by atoms with Gasteiger partial charge >= 0.3 is 0 Å². The molecule has 0 fully saturated rings. The lowest BCUT2D eigenvalue weighted by Crippen LogP contribution is -1.92. The molecule has 100 valence electrons. The van der Waals surface area contributed by atoms with Gasteiger partial charge < -0.3 is 4.74 Å².